The number of hydrogen-bond acceptors (Lipinski definition) is 4. The highest BCUT2D eigenvalue weighted by Crippen LogP contribution is 2.29. The zero-order valence-electron chi connectivity index (χ0n) is 24.2. The van der Waals surface area contributed by atoms with E-state index in [1.54, 1.807) is 41.3 Å². The molecule has 2 fully saturated rings. The minimum atomic E-state index is -3.72. The Kier molecular flexibility index (Phi) is 9.58. The van der Waals surface area contributed by atoms with Gasteiger partial charge < -0.3 is 5.32 Å². The van der Waals surface area contributed by atoms with Crippen molar-refractivity contribution in [3.63, 3.8) is 0 Å². The molecule has 1 heterocycles. The Morgan fingerprint density at radius 1 is 0.930 bits per heavy atom. The van der Waals surface area contributed by atoms with Crippen LogP contribution in [0.25, 0.3) is 11.1 Å². The van der Waals surface area contributed by atoms with Gasteiger partial charge in [-0.15, -0.1) is 0 Å². The van der Waals surface area contributed by atoms with Gasteiger partial charge in [0.2, 0.25) is 15.9 Å². The van der Waals surface area contributed by atoms with Gasteiger partial charge in [0.15, 0.2) is 0 Å². The fourth-order valence-corrected chi connectivity index (χ4v) is 7.21. The van der Waals surface area contributed by atoms with Crippen molar-refractivity contribution in [1.29, 1.82) is 0 Å². The molecule has 1 aliphatic carbocycles. The number of rotatable bonds is 10. The number of alkyl halides is 2. The van der Waals surface area contributed by atoms with Crippen molar-refractivity contribution in [2.75, 3.05) is 19.6 Å². The van der Waals surface area contributed by atoms with Crippen LogP contribution < -0.4 is 10.0 Å². The van der Waals surface area contributed by atoms with Crippen LogP contribution in [0.4, 0.5) is 13.2 Å². The van der Waals surface area contributed by atoms with Crippen molar-refractivity contribution in [3.8, 4) is 11.1 Å². The van der Waals surface area contributed by atoms with Gasteiger partial charge in [0.05, 0.1) is 17.5 Å². The summed E-state index contributed by atoms with van der Waals surface area (Å²) in [6.45, 7) is 2.70. The molecule has 1 saturated carbocycles. The summed E-state index contributed by atoms with van der Waals surface area (Å²) in [4.78, 5) is 14.8. The number of sulfonamides is 1. The predicted octanol–water partition coefficient (Wildman–Crippen LogP) is 6.09. The van der Waals surface area contributed by atoms with Gasteiger partial charge in [-0.2, -0.15) is 0 Å². The lowest BCUT2D eigenvalue weighted by atomic mass is 9.85. The van der Waals surface area contributed by atoms with Gasteiger partial charge in [-0.25, -0.2) is 26.3 Å². The van der Waals surface area contributed by atoms with Crippen molar-refractivity contribution in [2.45, 2.75) is 68.4 Å². The molecule has 1 atom stereocenters. The van der Waals surface area contributed by atoms with E-state index in [-0.39, 0.29) is 47.6 Å². The number of hydrogen-bond donors (Lipinski definition) is 2. The Bertz CT molecular complexity index is 1490. The molecule has 10 heteroatoms. The normalized spacial score (nSPS) is 21.4. The zero-order valence-corrected chi connectivity index (χ0v) is 25.1. The second-order valence-corrected chi connectivity index (χ2v) is 13.5. The molecule has 5 rings (SSSR count). The number of nitrogens with one attached hydrogen (secondary N) is 2. The van der Waals surface area contributed by atoms with E-state index in [2.05, 4.69) is 10.0 Å². The number of halogens is 3. The Hall–Kier alpha value is -3.21. The summed E-state index contributed by atoms with van der Waals surface area (Å²) >= 11 is 0. The number of carbonyl (C=O) groups excluding carboxylic acids is 1. The fourth-order valence-electron chi connectivity index (χ4n) is 5.90. The third kappa shape index (κ3) is 8.25. The topological polar surface area (TPSA) is 78.5 Å². The van der Waals surface area contributed by atoms with Crippen molar-refractivity contribution < 1.29 is 26.4 Å². The van der Waals surface area contributed by atoms with E-state index in [1.807, 2.05) is 31.2 Å². The molecule has 0 radical (unpaired) electrons. The maximum Gasteiger partial charge on any atom is 0.261 e. The number of benzene rings is 3. The van der Waals surface area contributed by atoms with E-state index >= 15 is 0 Å². The maximum atomic E-state index is 13.4. The molecular formula is C33H38F3N3O3S. The summed E-state index contributed by atoms with van der Waals surface area (Å²) in [5.74, 6) is -3.17. The Labute approximate surface area is 251 Å². The zero-order chi connectivity index (χ0) is 30.6. The summed E-state index contributed by atoms with van der Waals surface area (Å²) in [6.07, 6.45) is 2.90. The van der Waals surface area contributed by atoms with Crippen molar-refractivity contribution >= 4 is 15.9 Å². The number of amides is 1. The van der Waals surface area contributed by atoms with Crippen molar-refractivity contribution in [3.05, 3.63) is 89.7 Å². The lowest BCUT2D eigenvalue weighted by Gasteiger charge is -2.29. The SMILES string of the molecule is C[C@@H](NC(=O)[C@H]1CC[C@H](NS(=O)(=O)c2ccc(-c3ccc(CCN4CCC(F)(F)C4)cc3)cc2)CC1)c1ccc(F)cc1. The average Bonchev–Trinajstić information content (AvgIpc) is 3.35. The molecule has 2 aliphatic rings. The van der Waals surface area contributed by atoms with Crippen LogP contribution in [0.2, 0.25) is 0 Å². The van der Waals surface area contributed by atoms with E-state index in [0.29, 0.717) is 45.2 Å². The van der Waals surface area contributed by atoms with Gasteiger partial charge in [-0.3, -0.25) is 9.69 Å². The standard InChI is InChI=1S/C33H38F3N3O3S/c1-23(25-6-12-29(34)13-7-25)37-32(40)28-8-14-30(15-9-28)38-43(41,42)31-16-10-27(11-17-31)26-4-2-24(3-5-26)18-20-39-21-19-33(35,36)22-39/h2-7,10-13,16-17,23,28,30,38H,8-9,14-15,18-22H2,1H3,(H,37,40)/t23-,28-,30-/m1/s1. The fraction of sp³-hybridized carbons (Fsp3) is 0.424. The summed E-state index contributed by atoms with van der Waals surface area (Å²) < 4.78 is 69.0. The second kappa shape index (κ2) is 13.2. The highest BCUT2D eigenvalue weighted by atomic mass is 32.2. The molecular weight excluding hydrogens is 575 g/mol. The van der Waals surface area contributed by atoms with E-state index in [1.165, 1.54) is 12.1 Å². The van der Waals surface area contributed by atoms with Crippen LogP contribution in [0.5, 0.6) is 0 Å². The van der Waals surface area contributed by atoms with E-state index in [4.69, 9.17) is 0 Å². The largest absolute Gasteiger partial charge is 0.349 e. The van der Waals surface area contributed by atoms with Crippen LogP contribution in [-0.2, 0) is 21.2 Å². The van der Waals surface area contributed by atoms with Crippen molar-refractivity contribution in [2.24, 2.45) is 5.92 Å². The van der Waals surface area contributed by atoms with E-state index in [9.17, 15) is 26.4 Å². The first kappa shape index (κ1) is 31.2. The molecule has 230 valence electrons. The third-order valence-corrected chi connectivity index (χ3v) is 10.1. The summed E-state index contributed by atoms with van der Waals surface area (Å²) in [5, 5.41) is 2.99. The summed E-state index contributed by atoms with van der Waals surface area (Å²) in [5.41, 5.74) is 3.71. The first-order chi connectivity index (χ1) is 20.5. The molecule has 3 aromatic carbocycles. The van der Waals surface area contributed by atoms with Crippen LogP contribution in [0, 0.1) is 11.7 Å². The van der Waals surface area contributed by atoms with Crippen LogP contribution >= 0.6 is 0 Å². The molecule has 43 heavy (non-hydrogen) atoms. The highest BCUT2D eigenvalue weighted by molar-refractivity contribution is 7.89. The Balaban J connectivity index is 1.09. The van der Waals surface area contributed by atoms with Crippen LogP contribution in [0.1, 0.15) is 56.2 Å². The number of carbonyl (C=O) groups is 1. The maximum absolute atomic E-state index is 13.4. The smallest absolute Gasteiger partial charge is 0.261 e. The summed E-state index contributed by atoms with van der Waals surface area (Å²) in [7, 11) is -3.72. The predicted molar refractivity (Wildman–Crippen MR) is 161 cm³/mol. The second-order valence-electron chi connectivity index (χ2n) is 11.8. The molecule has 0 aromatic heterocycles. The third-order valence-electron chi connectivity index (χ3n) is 8.57. The summed E-state index contributed by atoms with van der Waals surface area (Å²) in [6, 6.07) is 20.2. The molecule has 0 spiro atoms. The molecule has 6 nitrogen and oxygen atoms in total. The molecule has 3 aromatic rings. The lowest BCUT2D eigenvalue weighted by molar-refractivity contribution is -0.126. The van der Waals surface area contributed by atoms with Gasteiger partial charge in [0.1, 0.15) is 5.82 Å². The molecule has 0 unspecified atom stereocenters. The minimum absolute atomic E-state index is 0.0713. The van der Waals surface area contributed by atoms with Gasteiger partial charge in [0.25, 0.3) is 5.92 Å². The van der Waals surface area contributed by atoms with Gasteiger partial charge in [0, 0.05) is 31.5 Å². The number of nitrogens with zero attached hydrogens (tertiary/aromatic N) is 1. The monoisotopic (exact) mass is 613 g/mol. The minimum Gasteiger partial charge on any atom is -0.349 e. The molecule has 1 aliphatic heterocycles. The van der Waals surface area contributed by atoms with E-state index in [0.717, 1.165) is 22.3 Å². The molecule has 1 saturated heterocycles. The first-order valence-corrected chi connectivity index (χ1v) is 16.3. The first-order valence-electron chi connectivity index (χ1n) is 14.9. The van der Waals surface area contributed by atoms with Gasteiger partial charge >= 0.3 is 0 Å². The van der Waals surface area contributed by atoms with Crippen molar-refractivity contribution in [1.82, 2.24) is 14.9 Å². The number of likely N-dealkylation sites (tertiary alicyclic amines) is 1. The van der Waals surface area contributed by atoms with Crippen LogP contribution in [-0.4, -0.2) is 50.8 Å². The average molecular weight is 614 g/mol. The highest BCUT2D eigenvalue weighted by Gasteiger charge is 2.37. The van der Waals surface area contributed by atoms with Gasteiger partial charge in [-0.1, -0.05) is 48.5 Å². The molecule has 1 amide bonds. The lowest BCUT2D eigenvalue weighted by Crippen LogP contribution is -2.41. The van der Waals surface area contributed by atoms with E-state index < -0.39 is 15.9 Å². The quantitative estimate of drug-likeness (QED) is 0.290. The Morgan fingerprint density at radius 3 is 2.12 bits per heavy atom. The Morgan fingerprint density at radius 2 is 1.53 bits per heavy atom. The van der Waals surface area contributed by atoms with Crippen LogP contribution in [0.15, 0.2) is 77.7 Å². The van der Waals surface area contributed by atoms with Crippen LogP contribution in [0.3, 0.4) is 0 Å². The molecule has 0 bridgehead atoms. The van der Waals surface area contributed by atoms with Gasteiger partial charge in [-0.05, 0) is 85.5 Å². The molecule has 2 N–H and O–H groups in total.